The van der Waals surface area contributed by atoms with Gasteiger partial charge in [0, 0.05) is 17.7 Å². The van der Waals surface area contributed by atoms with E-state index in [1.165, 1.54) is 11.8 Å². The Hall–Kier alpha value is -1.57. The lowest BCUT2D eigenvalue weighted by Crippen LogP contribution is -2.35. The fraction of sp³-hybridized carbons (Fsp3) is 0.444. The van der Waals surface area contributed by atoms with E-state index in [1.807, 2.05) is 25.1 Å². The van der Waals surface area contributed by atoms with Gasteiger partial charge in [-0.25, -0.2) is 0 Å². The molecule has 1 amide bonds. The van der Waals surface area contributed by atoms with Crippen molar-refractivity contribution in [3.8, 4) is 11.5 Å². The maximum Gasteiger partial charge on any atom is 0.266 e. The van der Waals surface area contributed by atoms with Crippen molar-refractivity contribution in [1.29, 1.82) is 0 Å². The van der Waals surface area contributed by atoms with Gasteiger partial charge in [-0.1, -0.05) is 24.0 Å². The Morgan fingerprint density at radius 2 is 2.20 bits per heavy atom. The minimum absolute atomic E-state index is 0.0685. The first-order valence-electron chi connectivity index (χ1n) is 8.13. The number of thioether (sulfide) groups is 1. The Morgan fingerprint density at radius 1 is 1.40 bits per heavy atom. The Bertz CT molecular complexity index is 726. The number of carbonyl (C=O) groups excluding carboxylic acids is 1. The Kier molecular flexibility index (Phi) is 5.66. The van der Waals surface area contributed by atoms with Gasteiger partial charge < -0.3 is 14.2 Å². The molecule has 3 rings (SSSR count). The molecule has 0 bridgehead atoms. The predicted molar refractivity (Wildman–Crippen MR) is 103 cm³/mol. The summed E-state index contributed by atoms with van der Waals surface area (Å²) in [5, 5.41) is 0. The molecule has 0 N–H and O–H groups in total. The number of methoxy groups -OCH3 is 2. The maximum absolute atomic E-state index is 12.7. The van der Waals surface area contributed by atoms with Crippen molar-refractivity contribution in [3.63, 3.8) is 0 Å². The molecule has 2 aliphatic heterocycles. The van der Waals surface area contributed by atoms with Crippen molar-refractivity contribution in [2.75, 3.05) is 27.4 Å². The minimum atomic E-state index is -0.0685. The van der Waals surface area contributed by atoms with Crippen LogP contribution in [0.2, 0.25) is 0 Å². The third-order valence-corrected chi connectivity index (χ3v) is 5.76. The Morgan fingerprint density at radius 3 is 2.84 bits per heavy atom. The van der Waals surface area contributed by atoms with E-state index in [2.05, 4.69) is 0 Å². The van der Waals surface area contributed by atoms with Gasteiger partial charge in [0.25, 0.3) is 5.91 Å². The van der Waals surface area contributed by atoms with E-state index in [0.29, 0.717) is 21.5 Å². The number of thiocarbonyl (C=S) groups is 1. The summed E-state index contributed by atoms with van der Waals surface area (Å²) in [4.78, 5) is 15.0. The molecule has 0 saturated carbocycles. The second-order valence-electron chi connectivity index (χ2n) is 5.94. The second-order valence-corrected chi connectivity index (χ2v) is 7.62. The first-order chi connectivity index (χ1) is 12.0. The van der Waals surface area contributed by atoms with E-state index >= 15 is 0 Å². The molecule has 25 heavy (non-hydrogen) atoms. The summed E-state index contributed by atoms with van der Waals surface area (Å²) in [5.41, 5.74) is 1.73. The van der Waals surface area contributed by atoms with Gasteiger partial charge in [0.05, 0.1) is 31.8 Å². The fourth-order valence-electron chi connectivity index (χ4n) is 3.09. The number of carbonyl (C=O) groups is 1. The summed E-state index contributed by atoms with van der Waals surface area (Å²) in [6.45, 7) is 3.22. The molecule has 2 heterocycles. The van der Waals surface area contributed by atoms with Gasteiger partial charge in [0.1, 0.15) is 15.8 Å². The van der Waals surface area contributed by atoms with Gasteiger partial charge in [0.15, 0.2) is 0 Å². The van der Waals surface area contributed by atoms with Gasteiger partial charge in [-0.05, 0) is 38.0 Å². The zero-order valence-electron chi connectivity index (χ0n) is 14.5. The first-order valence-corrected chi connectivity index (χ1v) is 9.36. The average molecular weight is 380 g/mol. The number of nitrogens with zero attached hydrogens (tertiary/aromatic N) is 1. The number of ether oxygens (including phenoxy) is 3. The first kappa shape index (κ1) is 18.2. The highest BCUT2D eigenvalue weighted by atomic mass is 32.2. The molecule has 0 aromatic heterocycles. The van der Waals surface area contributed by atoms with Crippen LogP contribution in [0.25, 0.3) is 6.08 Å². The van der Waals surface area contributed by atoms with Gasteiger partial charge in [-0.3, -0.25) is 9.69 Å². The van der Waals surface area contributed by atoms with E-state index in [4.69, 9.17) is 26.4 Å². The number of rotatable bonds is 5. The van der Waals surface area contributed by atoms with Crippen molar-refractivity contribution in [3.05, 3.63) is 28.2 Å². The molecular formula is C18H21NO4S2. The van der Waals surface area contributed by atoms with Crippen molar-refractivity contribution < 1.29 is 19.0 Å². The van der Waals surface area contributed by atoms with Gasteiger partial charge in [-0.15, -0.1) is 0 Å². The molecule has 1 atom stereocenters. The topological polar surface area (TPSA) is 48.0 Å². The Labute approximate surface area is 157 Å². The summed E-state index contributed by atoms with van der Waals surface area (Å²) in [5.74, 6) is 1.38. The lowest BCUT2D eigenvalue weighted by molar-refractivity contribution is -0.123. The third kappa shape index (κ3) is 3.68. The van der Waals surface area contributed by atoms with Gasteiger partial charge >= 0.3 is 0 Å². The van der Waals surface area contributed by atoms with E-state index < -0.39 is 0 Å². The number of amides is 1. The molecule has 2 aliphatic rings. The monoisotopic (exact) mass is 379 g/mol. The minimum Gasteiger partial charge on any atom is -0.496 e. The molecule has 5 nitrogen and oxygen atoms in total. The van der Waals surface area contributed by atoms with Crippen molar-refractivity contribution in [2.45, 2.75) is 25.9 Å². The molecule has 134 valence electrons. The highest BCUT2D eigenvalue weighted by molar-refractivity contribution is 8.26. The molecule has 0 unspecified atom stereocenters. The van der Waals surface area contributed by atoms with Crippen LogP contribution in [0.15, 0.2) is 17.0 Å². The second kappa shape index (κ2) is 7.76. The highest BCUT2D eigenvalue weighted by Crippen LogP contribution is 2.37. The summed E-state index contributed by atoms with van der Waals surface area (Å²) < 4.78 is 17.0. The number of hydrogen-bond donors (Lipinski definition) is 0. The lowest BCUT2D eigenvalue weighted by Gasteiger charge is -2.18. The number of benzene rings is 1. The van der Waals surface area contributed by atoms with Crippen LogP contribution in [0.1, 0.15) is 24.0 Å². The van der Waals surface area contributed by atoms with Gasteiger partial charge in [-0.2, -0.15) is 0 Å². The normalized spacial score (nSPS) is 22.1. The standard InChI is InChI=1S/C18H21NO4S2/c1-11-14(21-2)7-6-12(16(11)22-3)9-15-17(20)19(18(24)25-15)10-13-5-4-8-23-13/h6-7,9,13H,4-5,8,10H2,1-3H3/b15-9-/t13-/m1/s1. The summed E-state index contributed by atoms with van der Waals surface area (Å²) in [7, 11) is 3.24. The van der Waals surface area contributed by atoms with Crippen LogP contribution < -0.4 is 9.47 Å². The fourth-order valence-corrected chi connectivity index (χ4v) is 4.36. The van der Waals surface area contributed by atoms with Crippen LogP contribution in [0.5, 0.6) is 11.5 Å². The van der Waals surface area contributed by atoms with Crippen molar-refractivity contribution >= 4 is 40.3 Å². The van der Waals surface area contributed by atoms with Crippen LogP contribution >= 0.6 is 24.0 Å². The maximum atomic E-state index is 12.7. The van der Waals surface area contributed by atoms with Crippen LogP contribution in [-0.2, 0) is 9.53 Å². The van der Waals surface area contributed by atoms with Crippen LogP contribution in [0.3, 0.4) is 0 Å². The van der Waals surface area contributed by atoms with Crippen molar-refractivity contribution in [2.24, 2.45) is 0 Å². The molecule has 0 radical (unpaired) electrons. The predicted octanol–water partition coefficient (Wildman–Crippen LogP) is 3.39. The summed E-state index contributed by atoms with van der Waals surface area (Å²) in [6, 6.07) is 3.76. The zero-order chi connectivity index (χ0) is 18.0. The zero-order valence-corrected chi connectivity index (χ0v) is 16.2. The highest BCUT2D eigenvalue weighted by Gasteiger charge is 2.34. The SMILES string of the molecule is COc1ccc(/C=C2\SC(=S)N(C[C@H]3CCCO3)C2=O)c(OC)c1C. The van der Waals surface area contributed by atoms with E-state index in [-0.39, 0.29) is 12.0 Å². The molecule has 0 spiro atoms. The quantitative estimate of drug-likeness (QED) is 0.577. The molecule has 2 saturated heterocycles. The van der Waals surface area contributed by atoms with E-state index in [9.17, 15) is 4.79 Å². The van der Waals surface area contributed by atoms with Crippen LogP contribution in [0.4, 0.5) is 0 Å². The lowest BCUT2D eigenvalue weighted by atomic mass is 10.1. The third-order valence-electron chi connectivity index (χ3n) is 4.38. The summed E-state index contributed by atoms with van der Waals surface area (Å²) >= 11 is 6.71. The Balaban J connectivity index is 1.85. The van der Waals surface area contributed by atoms with Gasteiger partial charge in [0.2, 0.25) is 0 Å². The van der Waals surface area contributed by atoms with E-state index in [1.54, 1.807) is 19.1 Å². The van der Waals surface area contributed by atoms with Crippen molar-refractivity contribution in [1.82, 2.24) is 4.90 Å². The largest absolute Gasteiger partial charge is 0.496 e. The molecule has 1 aromatic carbocycles. The molecule has 7 heteroatoms. The molecule has 0 aliphatic carbocycles. The smallest absolute Gasteiger partial charge is 0.266 e. The molecular weight excluding hydrogens is 358 g/mol. The van der Waals surface area contributed by atoms with E-state index in [0.717, 1.165) is 36.3 Å². The van der Waals surface area contributed by atoms with Crippen LogP contribution in [0, 0.1) is 6.92 Å². The number of hydrogen-bond acceptors (Lipinski definition) is 6. The summed E-state index contributed by atoms with van der Waals surface area (Å²) in [6.07, 6.45) is 3.93. The van der Waals surface area contributed by atoms with Crippen LogP contribution in [-0.4, -0.2) is 48.6 Å². The molecule has 2 fully saturated rings. The molecule has 1 aromatic rings. The average Bonchev–Trinajstić information content (AvgIpc) is 3.20.